The molecule has 0 radical (unpaired) electrons. The number of rotatable bonds is 2. The first-order valence-corrected chi connectivity index (χ1v) is 2.44. The molecule has 0 saturated heterocycles. The van der Waals surface area contributed by atoms with Crippen LogP contribution in [0.3, 0.4) is 0 Å². The second-order valence-corrected chi connectivity index (χ2v) is 1.85. The molecule has 0 saturated carbocycles. The van der Waals surface area contributed by atoms with Crippen molar-refractivity contribution in [3.8, 4) is 0 Å². The number of hydrogen-bond acceptors (Lipinski definition) is 1. The third-order valence-corrected chi connectivity index (χ3v) is 1.12. The molecule has 2 nitrogen and oxygen atoms in total. The molecular weight excluding hydrogens is 295 g/mol. The minimum absolute atomic E-state index is 0. The molecule has 0 aliphatic carbocycles. The Hall–Kier alpha value is 0.608. The maximum Gasteiger partial charge on any atom is 2.00 e. The van der Waals surface area contributed by atoms with Gasteiger partial charge in [0, 0.05) is 0 Å². The van der Waals surface area contributed by atoms with Crippen LogP contribution in [-0.2, 0) is 21.1 Å². The van der Waals surface area contributed by atoms with Crippen LogP contribution in [-0.4, -0.2) is 32.2 Å². The third kappa shape index (κ3) is 8.61. The molecular formula is C6H16N2Pt. The van der Waals surface area contributed by atoms with Gasteiger partial charge in [-0.3, -0.25) is 0 Å². The third-order valence-electron chi connectivity index (χ3n) is 1.12. The molecule has 0 N–H and O–H groups in total. The topological polar surface area (TPSA) is 17.3 Å². The van der Waals surface area contributed by atoms with E-state index in [4.69, 9.17) is 0 Å². The zero-order valence-electron chi connectivity index (χ0n) is 6.79. The molecule has 9 heavy (non-hydrogen) atoms. The summed E-state index contributed by atoms with van der Waals surface area (Å²) in [6.07, 6.45) is 0.361. The van der Waals surface area contributed by atoms with Crippen molar-refractivity contribution in [1.29, 1.82) is 0 Å². The van der Waals surface area contributed by atoms with Crippen LogP contribution in [0.1, 0.15) is 6.92 Å². The summed E-state index contributed by atoms with van der Waals surface area (Å²) in [6, 6.07) is 0. The van der Waals surface area contributed by atoms with Crippen molar-refractivity contribution in [2.45, 2.75) is 13.1 Å². The molecule has 0 amide bonds. The minimum Gasteiger partial charge on any atom is -0.650 e. The van der Waals surface area contributed by atoms with Gasteiger partial charge in [0.1, 0.15) is 0 Å². The van der Waals surface area contributed by atoms with E-state index >= 15 is 0 Å². The Bertz CT molecular complexity index is 48.3. The normalized spacial score (nSPS) is 11.7. The standard InChI is InChI=1S/C5H13N2.CH3.Pt/c1-5(6-2)7(3)4;;/h5H,1-4H3;1H3;/q2*-1;+2/t5-;;/m1../s1. The van der Waals surface area contributed by atoms with Gasteiger partial charge in [0.05, 0.1) is 0 Å². The van der Waals surface area contributed by atoms with Crippen molar-refractivity contribution in [2.24, 2.45) is 0 Å². The fourth-order valence-corrected chi connectivity index (χ4v) is 0.231. The molecule has 3 heteroatoms. The monoisotopic (exact) mass is 311 g/mol. The SMILES string of the molecule is C[N-][C@@H](C)N(C)C.[CH3-].[Pt+2]. The molecule has 0 aromatic heterocycles. The van der Waals surface area contributed by atoms with E-state index < -0.39 is 0 Å². The van der Waals surface area contributed by atoms with Crippen LogP contribution in [0, 0.1) is 7.43 Å². The molecule has 0 aliphatic rings. The predicted octanol–water partition coefficient (Wildman–Crippen LogP) is 1.35. The summed E-state index contributed by atoms with van der Waals surface area (Å²) in [5.74, 6) is 0. The van der Waals surface area contributed by atoms with Gasteiger partial charge in [-0.2, -0.15) is 7.05 Å². The predicted molar refractivity (Wildman–Crippen MR) is 38.8 cm³/mol. The van der Waals surface area contributed by atoms with E-state index in [-0.39, 0.29) is 28.5 Å². The molecule has 0 aromatic rings. The summed E-state index contributed by atoms with van der Waals surface area (Å²) < 4.78 is 0. The van der Waals surface area contributed by atoms with Crippen molar-refractivity contribution in [1.82, 2.24) is 4.90 Å². The van der Waals surface area contributed by atoms with Gasteiger partial charge >= 0.3 is 21.1 Å². The molecule has 0 rings (SSSR count). The fraction of sp³-hybridized carbons (Fsp3) is 0.833. The second-order valence-electron chi connectivity index (χ2n) is 1.85. The minimum atomic E-state index is 0. The Morgan fingerprint density at radius 2 is 1.67 bits per heavy atom. The number of hydrogen-bond donors (Lipinski definition) is 0. The Morgan fingerprint density at radius 1 is 1.33 bits per heavy atom. The molecule has 0 fully saturated rings. The Morgan fingerprint density at radius 3 is 1.67 bits per heavy atom. The average molecular weight is 311 g/mol. The van der Waals surface area contributed by atoms with Gasteiger partial charge in [-0.05, 0) is 14.1 Å². The first-order valence-electron chi connectivity index (χ1n) is 2.44. The van der Waals surface area contributed by atoms with Gasteiger partial charge in [0.25, 0.3) is 0 Å². The Kier molecular flexibility index (Phi) is 15.6. The summed E-state index contributed by atoms with van der Waals surface area (Å²) in [6.45, 7) is 2.06. The quantitative estimate of drug-likeness (QED) is 0.704. The summed E-state index contributed by atoms with van der Waals surface area (Å²) in [5.41, 5.74) is 0. The summed E-state index contributed by atoms with van der Waals surface area (Å²) in [4.78, 5) is 2.06. The fourth-order valence-electron chi connectivity index (χ4n) is 0.231. The van der Waals surface area contributed by atoms with E-state index in [2.05, 4.69) is 17.1 Å². The molecule has 0 aromatic carbocycles. The Balaban J connectivity index is -0.000000180. The first kappa shape index (κ1) is 16.3. The molecule has 0 unspecified atom stereocenters. The van der Waals surface area contributed by atoms with Gasteiger partial charge < -0.3 is 17.6 Å². The van der Waals surface area contributed by atoms with E-state index in [1.807, 2.05) is 21.1 Å². The molecule has 0 aliphatic heterocycles. The van der Waals surface area contributed by atoms with Crippen molar-refractivity contribution in [2.75, 3.05) is 21.1 Å². The van der Waals surface area contributed by atoms with E-state index in [0.717, 1.165) is 0 Å². The maximum atomic E-state index is 4.01. The van der Waals surface area contributed by atoms with Gasteiger partial charge in [0.2, 0.25) is 0 Å². The zero-order valence-corrected chi connectivity index (χ0v) is 9.06. The van der Waals surface area contributed by atoms with Crippen molar-refractivity contribution >= 4 is 0 Å². The number of nitrogens with zero attached hydrogens (tertiary/aromatic N) is 2. The van der Waals surface area contributed by atoms with Crippen LogP contribution < -0.4 is 0 Å². The molecule has 0 heterocycles. The summed E-state index contributed by atoms with van der Waals surface area (Å²) in [7, 11) is 5.85. The maximum absolute atomic E-state index is 4.01. The van der Waals surface area contributed by atoms with E-state index in [9.17, 15) is 0 Å². The van der Waals surface area contributed by atoms with Crippen LogP contribution >= 0.6 is 0 Å². The van der Waals surface area contributed by atoms with Gasteiger partial charge in [-0.25, -0.2) is 0 Å². The molecule has 0 spiro atoms. The summed E-state index contributed by atoms with van der Waals surface area (Å²) in [5, 5.41) is 4.01. The van der Waals surface area contributed by atoms with Crippen molar-refractivity contribution in [3.05, 3.63) is 12.7 Å². The van der Waals surface area contributed by atoms with Crippen molar-refractivity contribution in [3.63, 3.8) is 0 Å². The van der Waals surface area contributed by atoms with E-state index in [1.165, 1.54) is 0 Å². The average Bonchev–Trinajstić information content (AvgIpc) is 1.65. The van der Waals surface area contributed by atoms with E-state index in [0.29, 0.717) is 6.17 Å². The second kappa shape index (κ2) is 8.61. The molecule has 1 atom stereocenters. The molecule has 0 bridgehead atoms. The van der Waals surface area contributed by atoms with Crippen LogP contribution in [0.15, 0.2) is 0 Å². The summed E-state index contributed by atoms with van der Waals surface area (Å²) >= 11 is 0. The van der Waals surface area contributed by atoms with E-state index in [1.54, 1.807) is 0 Å². The zero-order chi connectivity index (χ0) is 5.86. The van der Waals surface area contributed by atoms with Crippen molar-refractivity contribution < 1.29 is 21.1 Å². The van der Waals surface area contributed by atoms with Crippen LogP contribution in [0.5, 0.6) is 0 Å². The molecule has 60 valence electrons. The van der Waals surface area contributed by atoms with Crippen LogP contribution in [0.2, 0.25) is 0 Å². The van der Waals surface area contributed by atoms with Gasteiger partial charge in [-0.1, -0.05) is 13.1 Å². The van der Waals surface area contributed by atoms with Gasteiger partial charge in [0.15, 0.2) is 0 Å². The largest absolute Gasteiger partial charge is 2.00 e. The van der Waals surface area contributed by atoms with Gasteiger partial charge in [-0.15, -0.1) is 0 Å². The van der Waals surface area contributed by atoms with Crippen LogP contribution in [0.25, 0.3) is 5.32 Å². The first-order chi connectivity index (χ1) is 3.18. The Labute approximate surface area is 73.3 Å². The van der Waals surface area contributed by atoms with Crippen LogP contribution in [0.4, 0.5) is 0 Å². The smallest absolute Gasteiger partial charge is 0.650 e.